The maximum absolute atomic E-state index is 13.1. The van der Waals surface area contributed by atoms with Gasteiger partial charge in [0.15, 0.2) is 0 Å². The van der Waals surface area contributed by atoms with Crippen LogP contribution < -0.4 is 0 Å². The molecule has 3 aromatic carbocycles. The SMILES string of the molecule is Cc1cc(/C=C2\SC(=O)N(Cc3ccc(Cl)cc3Cl)C2=O)c(C)n1-c1ccc(Br)c2ccccc12. The lowest BCUT2D eigenvalue weighted by molar-refractivity contribution is -0.123. The first-order valence-corrected chi connectivity index (χ1v) is 13.2. The summed E-state index contributed by atoms with van der Waals surface area (Å²) in [5.74, 6) is -0.329. The molecule has 35 heavy (non-hydrogen) atoms. The van der Waals surface area contributed by atoms with E-state index in [2.05, 4.69) is 38.7 Å². The molecule has 0 saturated carbocycles. The number of aromatic nitrogens is 1. The maximum Gasteiger partial charge on any atom is 0.293 e. The number of rotatable bonds is 4. The molecule has 0 N–H and O–H groups in total. The topological polar surface area (TPSA) is 42.3 Å². The van der Waals surface area contributed by atoms with Crippen LogP contribution in [-0.2, 0) is 11.3 Å². The predicted molar refractivity (Wildman–Crippen MR) is 148 cm³/mol. The number of hydrogen-bond donors (Lipinski definition) is 0. The molecule has 4 nitrogen and oxygen atoms in total. The Morgan fingerprint density at radius 3 is 2.46 bits per heavy atom. The van der Waals surface area contributed by atoms with E-state index in [1.165, 1.54) is 4.90 Å². The molecular formula is C27H19BrCl2N2O2S. The van der Waals surface area contributed by atoms with Crippen LogP contribution in [-0.4, -0.2) is 20.6 Å². The summed E-state index contributed by atoms with van der Waals surface area (Å²) in [6.07, 6.45) is 1.80. The number of amides is 2. The zero-order valence-corrected chi connectivity index (χ0v) is 22.7. The second-order valence-corrected chi connectivity index (χ2v) is 11.0. The van der Waals surface area contributed by atoms with Crippen LogP contribution in [0.1, 0.15) is 22.5 Å². The monoisotopic (exact) mass is 584 g/mol. The van der Waals surface area contributed by atoms with Gasteiger partial charge in [-0.2, -0.15) is 0 Å². The molecule has 176 valence electrons. The molecular weight excluding hydrogens is 567 g/mol. The third-order valence-corrected chi connectivity index (χ3v) is 8.25. The number of carbonyl (C=O) groups is 2. The molecule has 0 atom stereocenters. The standard InChI is InChI=1S/C27H19BrCl2N2O2S/c1-15-11-18(16(2)32(15)24-10-9-22(28)20-5-3-4-6-21(20)24)12-25-26(33)31(27(34)35-25)14-17-7-8-19(29)13-23(17)30/h3-13H,14H2,1-2H3/b25-12-. The van der Waals surface area contributed by atoms with E-state index in [4.69, 9.17) is 23.2 Å². The van der Waals surface area contributed by atoms with Crippen LogP contribution in [0.15, 0.2) is 70.0 Å². The molecule has 0 unspecified atom stereocenters. The Morgan fingerprint density at radius 2 is 1.71 bits per heavy atom. The molecule has 0 bridgehead atoms. The lowest BCUT2D eigenvalue weighted by Gasteiger charge is -2.14. The smallest absolute Gasteiger partial charge is 0.293 e. The Kier molecular flexibility index (Phi) is 6.57. The number of imide groups is 1. The van der Waals surface area contributed by atoms with Crippen molar-refractivity contribution >= 4 is 78.9 Å². The van der Waals surface area contributed by atoms with Crippen molar-refractivity contribution in [3.63, 3.8) is 0 Å². The van der Waals surface area contributed by atoms with Gasteiger partial charge in [0.2, 0.25) is 0 Å². The van der Waals surface area contributed by atoms with Crippen LogP contribution in [0.2, 0.25) is 10.0 Å². The van der Waals surface area contributed by atoms with E-state index >= 15 is 0 Å². The molecule has 5 rings (SSSR count). The lowest BCUT2D eigenvalue weighted by atomic mass is 10.1. The average Bonchev–Trinajstić information content (AvgIpc) is 3.25. The fourth-order valence-electron chi connectivity index (χ4n) is 4.34. The summed E-state index contributed by atoms with van der Waals surface area (Å²) in [5.41, 5.74) is 4.64. The van der Waals surface area contributed by atoms with E-state index in [1.807, 2.05) is 38.1 Å². The highest BCUT2D eigenvalue weighted by Gasteiger charge is 2.35. The predicted octanol–water partition coefficient (Wildman–Crippen LogP) is 8.55. The van der Waals surface area contributed by atoms with Crippen LogP contribution in [0.4, 0.5) is 4.79 Å². The van der Waals surface area contributed by atoms with Crippen molar-refractivity contribution in [2.24, 2.45) is 0 Å². The molecule has 2 heterocycles. The molecule has 1 fully saturated rings. The fourth-order valence-corrected chi connectivity index (χ4v) is 6.12. The maximum atomic E-state index is 13.1. The number of nitrogens with zero attached hydrogens (tertiary/aromatic N) is 2. The average molecular weight is 586 g/mol. The Morgan fingerprint density at radius 1 is 0.971 bits per heavy atom. The van der Waals surface area contributed by atoms with Crippen molar-refractivity contribution in [1.82, 2.24) is 9.47 Å². The quantitative estimate of drug-likeness (QED) is 0.225. The first kappa shape index (κ1) is 24.2. The lowest BCUT2D eigenvalue weighted by Crippen LogP contribution is -2.27. The highest BCUT2D eigenvalue weighted by atomic mass is 79.9. The number of carbonyl (C=O) groups excluding carboxylic acids is 2. The normalized spacial score (nSPS) is 15.1. The number of fused-ring (bicyclic) bond motifs is 1. The highest BCUT2D eigenvalue weighted by Crippen LogP contribution is 2.37. The van der Waals surface area contributed by atoms with Crippen LogP contribution in [0.5, 0.6) is 0 Å². The number of thioether (sulfide) groups is 1. The third kappa shape index (κ3) is 4.45. The van der Waals surface area contributed by atoms with Crippen molar-refractivity contribution in [2.45, 2.75) is 20.4 Å². The minimum Gasteiger partial charge on any atom is -0.317 e. The van der Waals surface area contributed by atoms with Gasteiger partial charge in [0.25, 0.3) is 11.1 Å². The molecule has 0 spiro atoms. The summed E-state index contributed by atoms with van der Waals surface area (Å²) < 4.78 is 3.22. The van der Waals surface area contributed by atoms with Gasteiger partial charge in [0.05, 0.1) is 17.1 Å². The number of benzene rings is 3. The van der Waals surface area contributed by atoms with Gasteiger partial charge < -0.3 is 4.57 Å². The van der Waals surface area contributed by atoms with E-state index in [9.17, 15) is 9.59 Å². The Hall–Kier alpha value is -2.51. The molecule has 1 aliphatic heterocycles. The first-order chi connectivity index (χ1) is 16.7. The molecule has 1 aliphatic rings. The van der Waals surface area contributed by atoms with Crippen LogP contribution in [0.25, 0.3) is 22.5 Å². The summed E-state index contributed by atoms with van der Waals surface area (Å²) in [6.45, 7) is 4.16. The highest BCUT2D eigenvalue weighted by molar-refractivity contribution is 9.10. The Bertz CT molecular complexity index is 1560. The number of halogens is 3. The molecule has 2 amide bonds. The summed E-state index contributed by atoms with van der Waals surface area (Å²) in [4.78, 5) is 27.4. The Balaban J connectivity index is 1.50. The van der Waals surface area contributed by atoms with Gasteiger partial charge in [-0.05, 0) is 78.5 Å². The fraction of sp³-hybridized carbons (Fsp3) is 0.111. The summed E-state index contributed by atoms with van der Waals surface area (Å²) in [5, 5.41) is 2.85. The van der Waals surface area contributed by atoms with Crippen molar-refractivity contribution in [1.29, 1.82) is 0 Å². The summed E-state index contributed by atoms with van der Waals surface area (Å²) in [6, 6.07) is 19.4. The van der Waals surface area contributed by atoms with Crippen LogP contribution in [0.3, 0.4) is 0 Å². The van der Waals surface area contributed by atoms with E-state index in [0.29, 0.717) is 20.5 Å². The van der Waals surface area contributed by atoms with Gasteiger partial charge in [0.1, 0.15) is 0 Å². The van der Waals surface area contributed by atoms with Gasteiger partial charge in [-0.15, -0.1) is 0 Å². The molecule has 0 aliphatic carbocycles. The molecule has 1 aromatic heterocycles. The molecule has 0 radical (unpaired) electrons. The van der Waals surface area contributed by atoms with E-state index < -0.39 is 0 Å². The molecule has 4 aromatic rings. The summed E-state index contributed by atoms with van der Waals surface area (Å²) >= 11 is 16.8. The van der Waals surface area contributed by atoms with Gasteiger partial charge in [-0.25, -0.2) is 0 Å². The second-order valence-electron chi connectivity index (χ2n) is 8.28. The number of hydrogen-bond acceptors (Lipinski definition) is 3. The van der Waals surface area contributed by atoms with Crippen molar-refractivity contribution in [2.75, 3.05) is 0 Å². The molecule has 1 saturated heterocycles. The van der Waals surface area contributed by atoms with Gasteiger partial charge >= 0.3 is 0 Å². The van der Waals surface area contributed by atoms with E-state index in [-0.39, 0.29) is 17.7 Å². The summed E-state index contributed by atoms with van der Waals surface area (Å²) in [7, 11) is 0. The zero-order valence-electron chi connectivity index (χ0n) is 18.8. The Labute approximate surface area is 225 Å². The minimum atomic E-state index is -0.329. The van der Waals surface area contributed by atoms with Gasteiger partial charge in [-0.3, -0.25) is 14.5 Å². The zero-order chi connectivity index (χ0) is 24.9. The first-order valence-electron chi connectivity index (χ1n) is 10.8. The largest absolute Gasteiger partial charge is 0.317 e. The van der Waals surface area contributed by atoms with E-state index in [0.717, 1.165) is 49.6 Å². The third-order valence-electron chi connectivity index (χ3n) is 6.06. The molecule has 8 heteroatoms. The van der Waals surface area contributed by atoms with Gasteiger partial charge in [-0.1, -0.05) is 69.5 Å². The second kappa shape index (κ2) is 9.51. The van der Waals surface area contributed by atoms with Crippen LogP contribution in [0, 0.1) is 13.8 Å². The van der Waals surface area contributed by atoms with Crippen LogP contribution >= 0.6 is 50.9 Å². The van der Waals surface area contributed by atoms with Gasteiger partial charge in [0, 0.05) is 31.3 Å². The van der Waals surface area contributed by atoms with Crippen molar-refractivity contribution in [3.8, 4) is 5.69 Å². The number of aryl methyl sites for hydroxylation is 1. The van der Waals surface area contributed by atoms with Crippen molar-refractivity contribution < 1.29 is 9.59 Å². The van der Waals surface area contributed by atoms with Crippen molar-refractivity contribution in [3.05, 3.63) is 103 Å². The minimum absolute atomic E-state index is 0.0991. The van der Waals surface area contributed by atoms with E-state index in [1.54, 1.807) is 24.3 Å².